The molecule has 5 heteroatoms. The molecule has 0 saturated carbocycles. The summed E-state index contributed by atoms with van der Waals surface area (Å²) < 4.78 is 0.464. The molecule has 0 aliphatic carbocycles. The van der Waals surface area contributed by atoms with Crippen LogP contribution in [-0.2, 0) is 0 Å². The molecule has 0 aliphatic rings. The number of rotatable bonds is 1. The van der Waals surface area contributed by atoms with Crippen molar-refractivity contribution in [3.63, 3.8) is 0 Å². The summed E-state index contributed by atoms with van der Waals surface area (Å²) in [7, 11) is 0. The molecule has 0 aliphatic heterocycles. The Morgan fingerprint density at radius 1 is 1.73 bits per heavy atom. The Kier molecular flexibility index (Phi) is 2.59. The van der Waals surface area contributed by atoms with Gasteiger partial charge in [-0.05, 0) is 0 Å². The van der Waals surface area contributed by atoms with Gasteiger partial charge in [0.05, 0.1) is 0 Å². The summed E-state index contributed by atoms with van der Waals surface area (Å²) in [6.45, 7) is 6.96. The van der Waals surface area contributed by atoms with Crippen molar-refractivity contribution in [3.05, 3.63) is 19.7 Å². The predicted octanol–water partition coefficient (Wildman–Crippen LogP) is -0.556. The second kappa shape index (κ2) is 3.29. The zero-order chi connectivity index (χ0) is 8.43. The van der Waals surface area contributed by atoms with E-state index in [0.717, 1.165) is 5.69 Å². The maximum absolute atomic E-state index is 11.0. The monoisotopic (exact) mass is 260 g/mol. The van der Waals surface area contributed by atoms with Gasteiger partial charge < -0.3 is 0 Å². The normalized spacial score (nSPS) is 9.27. The Morgan fingerprint density at radius 2 is 2.36 bits per heavy atom. The standard InChI is InChI=1S/C6H6BIN2O/c1-3-4(7-2)10-6(11)5(8)9-3/h2H2,1H3,(H,10,11). The van der Waals surface area contributed by atoms with E-state index in [0.29, 0.717) is 9.29 Å². The average Bonchev–Trinajstić information content (AvgIpc) is 1.97. The van der Waals surface area contributed by atoms with Gasteiger partial charge in [0.2, 0.25) is 0 Å². The molecule has 1 aromatic heterocycles. The van der Waals surface area contributed by atoms with Gasteiger partial charge in [-0.25, -0.2) is 0 Å². The van der Waals surface area contributed by atoms with Crippen molar-refractivity contribution in [2.24, 2.45) is 0 Å². The second-order valence-corrected chi connectivity index (χ2v) is 3.08. The van der Waals surface area contributed by atoms with Gasteiger partial charge in [-0.1, -0.05) is 0 Å². The van der Waals surface area contributed by atoms with Gasteiger partial charge >= 0.3 is 78.2 Å². The van der Waals surface area contributed by atoms with Crippen molar-refractivity contribution in [2.45, 2.75) is 6.92 Å². The molecule has 0 fully saturated rings. The number of H-pyrrole nitrogens is 1. The number of aromatic amines is 1. The van der Waals surface area contributed by atoms with Crippen LogP contribution in [-0.4, -0.2) is 23.4 Å². The van der Waals surface area contributed by atoms with Gasteiger partial charge in [0.15, 0.2) is 0 Å². The fourth-order valence-corrected chi connectivity index (χ4v) is 1.22. The maximum atomic E-state index is 11.0. The van der Waals surface area contributed by atoms with Gasteiger partial charge in [-0.2, -0.15) is 0 Å². The van der Waals surface area contributed by atoms with Crippen molar-refractivity contribution in [1.82, 2.24) is 9.97 Å². The van der Waals surface area contributed by atoms with Gasteiger partial charge in [0, 0.05) is 0 Å². The summed E-state index contributed by atoms with van der Waals surface area (Å²) in [4.78, 5) is 17.6. The molecule has 0 atom stereocenters. The van der Waals surface area contributed by atoms with Crippen LogP contribution in [0.3, 0.4) is 0 Å². The van der Waals surface area contributed by atoms with Crippen molar-refractivity contribution < 1.29 is 0 Å². The molecule has 1 rings (SSSR count). The van der Waals surface area contributed by atoms with Crippen LogP contribution in [0.5, 0.6) is 0 Å². The first-order chi connectivity index (χ1) is 5.15. The summed E-state index contributed by atoms with van der Waals surface area (Å²) in [5, 5.41) is 0. The molecule has 0 amide bonds. The molecule has 0 radical (unpaired) electrons. The minimum atomic E-state index is -0.161. The van der Waals surface area contributed by atoms with Crippen LogP contribution < -0.4 is 11.2 Å². The van der Waals surface area contributed by atoms with E-state index in [1.165, 1.54) is 0 Å². The molecule has 56 valence electrons. The molecule has 1 N–H and O–H groups in total. The van der Waals surface area contributed by atoms with Crippen LogP contribution in [0.1, 0.15) is 5.69 Å². The molecule has 1 aromatic rings. The number of nitrogens with one attached hydrogen (secondary N) is 1. The van der Waals surface area contributed by atoms with Crippen LogP contribution >= 0.6 is 22.6 Å². The van der Waals surface area contributed by atoms with E-state index < -0.39 is 0 Å². The number of halogens is 1. The molecule has 0 saturated heterocycles. The topological polar surface area (TPSA) is 45.8 Å². The van der Waals surface area contributed by atoms with Crippen molar-refractivity contribution in [1.29, 1.82) is 0 Å². The van der Waals surface area contributed by atoms with Crippen LogP contribution in [0.2, 0.25) is 0 Å². The third-order valence-corrected chi connectivity index (χ3v) is 2.03. The van der Waals surface area contributed by atoms with E-state index in [2.05, 4.69) is 16.4 Å². The minimum absolute atomic E-state index is 0.161. The quantitative estimate of drug-likeness (QED) is 0.543. The third kappa shape index (κ3) is 1.77. The molecular formula is C6H6BIN2O. The van der Waals surface area contributed by atoms with E-state index in [1.807, 2.05) is 29.5 Å². The van der Waals surface area contributed by atoms with Gasteiger partial charge in [0.25, 0.3) is 0 Å². The van der Waals surface area contributed by atoms with Crippen LogP contribution in [0, 0.1) is 10.6 Å². The molecule has 3 nitrogen and oxygen atoms in total. The number of hydrogen-bond acceptors (Lipinski definition) is 2. The summed E-state index contributed by atoms with van der Waals surface area (Å²) in [6.07, 6.45) is 0. The predicted molar refractivity (Wildman–Crippen MR) is 54.8 cm³/mol. The van der Waals surface area contributed by atoms with Crippen molar-refractivity contribution >= 4 is 41.6 Å². The zero-order valence-corrected chi connectivity index (χ0v) is 8.18. The van der Waals surface area contributed by atoms with Crippen LogP contribution in [0.4, 0.5) is 0 Å². The van der Waals surface area contributed by atoms with E-state index in [-0.39, 0.29) is 5.56 Å². The molecule has 11 heavy (non-hydrogen) atoms. The van der Waals surface area contributed by atoms with Gasteiger partial charge in [0.1, 0.15) is 0 Å². The number of aromatic nitrogens is 2. The summed E-state index contributed by atoms with van der Waals surface area (Å²) in [6, 6.07) is 0. The third-order valence-electron chi connectivity index (χ3n) is 1.30. The van der Waals surface area contributed by atoms with Crippen molar-refractivity contribution in [2.75, 3.05) is 0 Å². The Balaban J connectivity index is 3.44. The Morgan fingerprint density at radius 3 is 2.91 bits per heavy atom. The van der Waals surface area contributed by atoms with E-state index >= 15 is 0 Å². The number of aryl methyl sites for hydroxylation is 1. The molecule has 0 unspecified atom stereocenters. The summed E-state index contributed by atoms with van der Waals surface area (Å²) in [5.74, 6) is 0. The summed E-state index contributed by atoms with van der Waals surface area (Å²) in [5.41, 5.74) is 1.32. The SMILES string of the molecule is C=Bc1[nH]c(=O)c(I)nc1C. The van der Waals surface area contributed by atoms with Crippen LogP contribution in [0.25, 0.3) is 0 Å². The van der Waals surface area contributed by atoms with Gasteiger partial charge in [-0.15, -0.1) is 0 Å². The molecule has 0 bridgehead atoms. The van der Waals surface area contributed by atoms with E-state index in [9.17, 15) is 4.79 Å². The molecular weight excluding hydrogens is 254 g/mol. The Labute approximate surface area is 78.3 Å². The van der Waals surface area contributed by atoms with Crippen molar-refractivity contribution in [3.8, 4) is 0 Å². The van der Waals surface area contributed by atoms with E-state index in [4.69, 9.17) is 0 Å². The zero-order valence-electron chi connectivity index (χ0n) is 6.02. The Hall–Kier alpha value is -0.455. The van der Waals surface area contributed by atoms with E-state index in [1.54, 1.807) is 6.92 Å². The Bertz CT molecular complexity index is 347. The summed E-state index contributed by atoms with van der Waals surface area (Å²) >= 11 is 1.89. The first-order valence-electron chi connectivity index (χ1n) is 3.04. The van der Waals surface area contributed by atoms with Gasteiger partial charge in [-0.3, -0.25) is 0 Å². The molecule has 0 aromatic carbocycles. The number of hydrogen-bond donors (Lipinski definition) is 1. The first kappa shape index (κ1) is 8.64. The average molecular weight is 260 g/mol. The second-order valence-electron chi connectivity index (χ2n) is 2.06. The fraction of sp³-hybridized carbons (Fsp3) is 0.167. The van der Waals surface area contributed by atoms with Crippen LogP contribution in [0.15, 0.2) is 4.79 Å². The number of nitrogens with zero attached hydrogens (tertiary/aromatic N) is 1. The fourth-order valence-electron chi connectivity index (χ4n) is 0.721. The molecule has 1 heterocycles. The first-order valence-corrected chi connectivity index (χ1v) is 4.12. The molecule has 0 spiro atoms.